The number of rotatable bonds is 8. The summed E-state index contributed by atoms with van der Waals surface area (Å²) in [6.07, 6.45) is 1.44. The Balaban J connectivity index is 1.47. The van der Waals surface area contributed by atoms with Gasteiger partial charge < -0.3 is 4.74 Å². The molecule has 0 saturated carbocycles. The van der Waals surface area contributed by atoms with Crippen molar-refractivity contribution in [3.63, 3.8) is 0 Å². The van der Waals surface area contributed by atoms with E-state index >= 15 is 0 Å². The lowest BCUT2D eigenvalue weighted by molar-refractivity contribution is -0.120. The van der Waals surface area contributed by atoms with Crippen LogP contribution in [-0.4, -0.2) is 23.0 Å². The molecule has 3 rings (SSSR count). The first kappa shape index (κ1) is 22.7. The lowest BCUT2D eigenvalue weighted by Crippen LogP contribution is -2.27. The maximum atomic E-state index is 13.5. The summed E-state index contributed by atoms with van der Waals surface area (Å²) in [6.45, 7) is 3.59. The average Bonchev–Trinajstić information content (AvgIpc) is 2.74. The number of hydrogen-bond acceptors (Lipinski definition) is 4. The summed E-state index contributed by atoms with van der Waals surface area (Å²) in [5.74, 6) is -0.272. The third kappa shape index (κ3) is 6.25. The van der Waals surface area contributed by atoms with Gasteiger partial charge >= 0.3 is 6.09 Å². The number of aryl methyl sites for hydroxylation is 1. The van der Waals surface area contributed by atoms with Crippen LogP contribution in [-0.2, 0) is 16.0 Å². The summed E-state index contributed by atoms with van der Waals surface area (Å²) >= 11 is 5.93. The Morgan fingerprint density at radius 2 is 1.87 bits per heavy atom. The maximum Gasteiger partial charge on any atom is 0.413 e. The molecule has 7 heteroatoms. The minimum Gasteiger partial charge on any atom is -0.446 e. The smallest absolute Gasteiger partial charge is 0.413 e. The summed E-state index contributed by atoms with van der Waals surface area (Å²) < 4.78 is 18.9. The van der Waals surface area contributed by atoms with Crippen molar-refractivity contribution < 1.29 is 18.7 Å². The molecule has 31 heavy (non-hydrogen) atoms. The van der Waals surface area contributed by atoms with Crippen molar-refractivity contribution in [1.82, 2.24) is 4.98 Å². The fourth-order valence-corrected chi connectivity index (χ4v) is 3.43. The number of benzene rings is 2. The quantitative estimate of drug-likeness (QED) is 0.451. The fourth-order valence-electron chi connectivity index (χ4n) is 3.21. The van der Waals surface area contributed by atoms with Crippen LogP contribution in [0.3, 0.4) is 0 Å². The van der Waals surface area contributed by atoms with Crippen LogP contribution in [0.1, 0.15) is 32.3 Å². The number of pyridine rings is 1. The van der Waals surface area contributed by atoms with E-state index in [1.807, 2.05) is 31.2 Å². The van der Waals surface area contributed by atoms with Crippen molar-refractivity contribution in [2.45, 2.75) is 39.2 Å². The van der Waals surface area contributed by atoms with Crippen LogP contribution in [0.5, 0.6) is 0 Å². The first-order chi connectivity index (χ1) is 14.8. The Labute approximate surface area is 185 Å². The van der Waals surface area contributed by atoms with Gasteiger partial charge in [0.15, 0.2) is 0 Å². The number of ether oxygens (including phenoxy) is 1. The molecule has 0 fully saturated rings. The predicted molar refractivity (Wildman–Crippen MR) is 120 cm³/mol. The molecule has 0 aliphatic carbocycles. The minimum atomic E-state index is -0.624. The van der Waals surface area contributed by atoms with Crippen LogP contribution >= 0.6 is 11.6 Å². The Morgan fingerprint density at radius 3 is 2.65 bits per heavy atom. The van der Waals surface area contributed by atoms with E-state index in [9.17, 15) is 14.0 Å². The number of halogens is 2. The fraction of sp³-hybridized carbons (Fsp3) is 0.292. The van der Waals surface area contributed by atoms with E-state index in [2.05, 4.69) is 10.3 Å². The van der Waals surface area contributed by atoms with Gasteiger partial charge in [-0.05, 0) is 42.3 Å². The number of nitrogens with one attached hydrogen (secondary N) is 1. The number of carbonyl (C=O) groups is 2. The first-order valence-corrected chi connectivity index (χ1v) is 10.5. The Kier molecular flexibility index (Phi) is 7.58. The van der Waals surface area contributed by atoms with Gasteiger partial charge in [-0.2, -0.15) is 0 Å². The van der Waals surface area contributed by atoms with Crippen molar-refractivity contribution in [3.05, 3.63) is 71.1 Å². The van der Waals surface area contributed by atoms with Gasteiger partial charge in [0.1, 0.15) is 23.5 Å². The Bertz CT molecular complexity index is 1090. The van der Waals surface area contributed by atoms with E-state index in [-0.39, 0.29) is 29.6 Å². The molecule has 1 amide bonds. The molecule has 0 aliphatic rings. The largest absolute Gasteiger partial charge is 0.446 e. The van der Waals surface area contributed by atoms with Gasteiger partial charge in [-0.15, -0.1) is 0 Å². The summed E-state index contributed by atoms with van der Waals surface area (Å²) in [5, 5.41) is 4.61. The molecule has 1 N–H and O–H groups in total. The van der Waals surface area contributed by atoms with Gasteiger partial charge in [-0.25, -0.2) is 14.2 Å². The predicted octanol–water partition coefficient (Wildman–Crippen LogP) is 6.19. The lowest BCUT2D eigenvalue weighted by Gasteiger charge is -2.20. The van der Waals surface area contributed by atoms with E-state index in [0.717, 1.165) is 10.8 Å². The van der Waals surface area contributed by atoms with Gasteiger partial charge in [0, 0.05) is 24.4 Å². The summed E-state index contributed by atoms with van der Waals surface area (Å²) in [5.41, 5.74) is 0.606. The van der Waals surface area contributed by atoms with Crippen LogP contribution in [0, 0.1) is 11.7 Å². The highest BCUT2D eigenvalue weighted by atomic mass is 35.5. The van der Waals surface area contributed by atoms with Crippen LogP contribution in [0.2, 0.25) is 5.02 Å². The maximum absolute atomic E-state index is 13.5. The molecule has 0 spiro atoms. The standard InChI is InChI=1S/C24H24ClFN2O3/c1-15(12-20(29)11-10-17-8-5-9-21(26)23(17)25)16(2)31-24(30)28-22-13-18-6-3-4-7-19(18)14-27-22/h3-9,13-16H,10-12H2,1-2H3,(H,27,28,30). The monoisotopic (exact) mass is 442 g/mol. The molecule has 5 nitrogen and oxygen atoms in total. The number of amides is 1. The van der Waals surface area contributed by atoms with Crippen LogP contribution in [0.15, 0.2) is 54.7 Å². The zero-order valence-electron chi connectivity index (χ0n) is 17.4. The number of Topliss-reactive ketones (excluding diaryl/α,β-unsaturated/α-hetero) is 1. The van der Waals surface area contributed by atoms with Crippen molar-refractivity contribution in [2.75, 3.05) is 5.32 Å². The molecular formula is C24H24ClFN2O3. The van der Waals surface area contributed by atoms with Crippen LogP contribution < -0.4 is 5.32 Å². The molecule has 2 aromatic carbocycles. The molecule has 1 aromatic heterocycles. The number of fused-ring (bicyclic) bond motifs is 1. The third-order valence-electron chi connectivity index (χ3n) is 5.21. The summed E-state index contributed by atoms with van der Waals surface area (Å²) in [7, 11) is 0. The number of nitrogens with zero attached hydrogens (tertiary/aromatic N) is 1. The van der Waals surface area contributed by atoms with Gasteiger partial charge in [0.05, 0.1) is 5.02 Å². The number of hydrogen-bond donors (Lipinski definition) is 1. The lowest BCUT2D eigenvalue weighted by atomic mass is 9.96. The Hall–Kier alpha value is -2.99. The average molecular weight is 443 g/mol. The number of aromatic nitrogens is 1. The third-order valence-corrected chi connectivity index (χ3v) is 5.63. The number of carbonyl (C=O) groups excluding carboxylic acids is 2. The molecule has 0 aliphatic heterocycles. The zero-order chi connectivity index (χ0) is 22.4. The minimum absolute atomic E-state index is 0.000109. The van der Waals surface area contributed by atoms with E-state index in [1.54, 1.807) is 31.3 Å². The highest BCUT2D eigenvalue weighted by Crippen LogP contribution is 2.22. The normalized spacial score (nSPS) is 12.9. The van der Waals surface area contributed by atoms with Crippen LogP contribution in [0.25, 0.3) is 10.8 Å². The molecule has 3 aromatic rings. The zero-order valence-corrected chi connectivity index (χ0v) is 18.2. The second-order valence-corrected chi connectivity index (χ2v) is 7.96. The molecule has 0 bridgehead atoms. The van der Waals surface area contributed by atoms with E-state index < -0.39 is 18.0 Å². The van der Waals surface area contributed by atoms with Crippen molar-refractivity contribution in [3.8, 4) is 0 Å². The second kappa shape index (κ2) is 10.4. The number of anilines is 1. The molecule has 2 atom stereocenters. The molecule has 1 heterocycles. The molecule has 2 unspecified atom stereocenters. The highest BCUT2D eigenvalue weighted by Gasteiger charge is 2.20. The van der Waals surface area contributed by atoms with Gasteiger partial charge in [0.2, 0.25) is 0 Å². The molecular weight excluding hydrogens is 419 g/mol. The van der Waals surface area contributed by atoms with E-state index in [1.165, 1.54) is 6.07 Å². The van der Waals surface area contributed by atoms with Crippen molar-refractivity contribution >= 4 is 40.1 Å². The molecule has 0 saturated heterocycles. The summed E-state index contributed by atoms with van der Waals surface area (Å²) in [4.78, 5) is 28.8. The van der Waals surface area contributed by atoms with Crippen molar-refractivity contribution in [2.24, 2.45) is 5.92 Å². The number of ketones is 1. The van der Waals surface area contributed by atoms with Crippen LogP contribution in [0.4, 0.5) is 15.0 Å². The van der Waals surface area contributed by atoms with Gasteiger partial charge in [0.25, 0.3) is 0 Å². The van der Waals surface area contributed by atoms with Crippen molar-refractivity contribution in [1.29, 1.82) is 0 Å². The topological polar surface area (TPSA) is 68.3 Å². The van der Waals surface area contributed by atoms with Gasteiger partial charge in [-0.1, -0.05) is 54.9 Å². The second-order valence-electron chi connectivity index (χ2n) is 7.59. The Morgan fingerprint density at radius 1 is 1.13 bits per heavy atom. The summed E-state index contributed by atoms with van der Waals surface area (Å²) in [6, 6.07) is 14.0. The van der Waals surface area contributed by atoms with Gasteiger partial charge in [-0.3, -0.25) is 10.1 Å². The SMILES string of the molecule is CC(CC(=O)CCc1cccc(F)c1Cl)C(C)OC(=O)Nc1cc2ccccc2cn1. The molecule has 0 radical (unpaired) electrons. The van der Waals surface area contributed by atoms with E-state index in [4.69, 9.17) is 16.3 Å². The highest BCUT2D eigenvalue weighted by molar-refractivity contribution is 6.31. The van der Waals surface area contributed by atoms with E-state index in [0.29, 0.717) is 17.8 Å². The first-order valence-electron chi connectivity index (χ1n) is 10.1. The molecule has 162 valence electrons.